The maximum Gasteiger partial charge on any atom is 0.241 e. The Hall–Kier alpha value is -0.940. The van der Waals surface area contributed by atoms with Crippen LogP contribution in [0.4, 0.5) is 5.69 Å². The van der Waals surface area contributed by atoms with E-state index in [0.717, 1.165) is 23.4 Å². The van der Waals surface area contributed by atoms with E-state index in [1.165, 1.54) is 12.8 Å². The summed E-state index contributed by atoms with van der Waals surface area (Å²) in [5, 5.41) is 2.83. The lowest BCUT2D eigenvalue weighted by Gasteiger charge is -2.29. The van der Waals surface area contributed by atoms with Gasteiger partial charge in [-0.3, -0.25) is 4.79 Å². The number of nitrogens with zero attached hydrogens (tertiary/aromatic N) is 1. The SMILES string of the molecule is C[C@H]1CC[C@H]([C@H](N)C(=O)Nc2ccc(Br)nc2)CC1. The summed E-state index contributed by atoms with van der Waals surface area (Å²) in [5.41, 5.74) is 6.76. The Balaban J connectivity index is 1.90. The first kappa shape index (κ1) is 14.5. The van der Waals surface area contributed by atoms with Crippen molar-refractivity contribution < 1.29 is 4.79 Å². The minimum Gasteiger partial charge on any atom is -0.323 e. The molecule has 5 heteroatoms. The molecule has 0 unspecified atom stereocenters. The molecule has 0 bridgehead atoms. The van der Waals surface area contributed by atoms with Gasteiger partial charge in [0.05, 0.1) is 17.9 Å². The molecule has 1 saturated carbocycles. The molecule has 1 atom stereocenters. The summed E-state index contributed by atoms with van der Waals surface area (Å²) in [6.07, 6.45) is 6.07. The smallest absolute Gasteiger partial charge is 0.241 e. The Labute approximate surface area is 122 Å². The highest BCUT2D eigenvalue weighted by Gasteiger charge is 2.28. The molecule has 1 amide bonds. The normalized spacial score (nSPS) is 24.8. The topological polar surface area (TPSA) is 68.0 Å². The van der Waals surface area contributed by atoms with Crippen molar-refractivity contribution in [3.05, 3.63) is 22.9 Å². The predicted molar refractivity (Wildman–Crippen MR) is 79.7 cm³/mol. The maximum atomic E-state index is 12.1. The maximum absolute atomic E-state index is 12.1. The van der Waals surface area contributed by atoms with Gasteiger partial charge in [-0.1, -0.05) is 19.8 Å². The Morgan fingerprint density at radius 2 is 2.11 bits per heavy atom. The lowest BCUT2D eigenvalue weighted by molar-refractivity contribution is -0.118. The molecular weight excluding hydrogens is 306 g/mol. The number of pyridine rings is 1. The summed E-state index contributed by atoms with van der Waals surface area (Å²) >= 11 is 3.26. The van der Waals surface area contributed by atoms with E-state index < -0.39 is 6.04 Å². The van der Waals surface area contributed by atoms with Gasteiger partial charge in [0.1, 0.15) is 4.60 Å². The van der Waals surface area contributed by atoms with Crippen LogP contribution in [0.2, 0.25) is 0 Å². The third-order valence-corrected chi connectivity index (χ3v) is 4.34. The molecule has 0 radical (unpaired) electrons. The molecule has 0 aromatic carbocycles. The van der Waals surface area contributed by atoms with Crippen LogP contribution in [-0.2, 0) is 4.79 Å². The summed E-state index contributed by atoms with van der Waals surface area (Å²) in [7, 11) is 0. The van der Waals surface area contributed by atoms with Crippen molar-refractivity contribution in [3.8, 4) is 0 Å². The molecule has 19 heavy (non-hydrogen) atoms. The van der Waals surface area contributed by atoms with E-state index in [-0.39, 0.29) is 5.91 Å². The fourth-order valence-corrected chi connectivity index (χ4v) is 2.77. The van der Waals surface area contributed by atoms with Crippen molar-refractivity contribution >= 4 is 27.5 Å². The van der Waals surface area contributed by atoms with Crippen molar-refractivity contribution in [2.75, 3.05) is 5.32 Å². The second kappa shape index (κ2) is 6.48. The van der Waals surface area contributed by atoms with E-state index >= 15 is 0 Å². The molecule has 0 saturated heterocycles. The quantitative estimate of drug-likeness (QED) is 0.839. The van der Waals surface area contributed by atoms with Gasteiger partial charge in [0, 0.05) is 0 Å². The van der Waals surface area contributed by atoms with Crippen LogP contribution in [0.5, 0.6) is 0 Å². The Morgan fingerprint density at radius 1 is 1.42 bits per heavy atom. The molecule has 1 aliphatic rings. The van der Waals surface area contributed by atoms with Gasteiger partial charge in [0.2, 0.25) is 5.91 Å². The molecule has 1 heterocycles. The van der Waals surface area contributed by atoms with Gasteiger partial charge in [-0.25, -0.2) is 4.98 Å². The summed E-state index contributed by atoms with van der Waals surface area (Å²) in [6, 6.07) is 3.18. The van der Waals surface area contributed by atoms with E-state index in [0.29, 0.717) is 11.6 Å². The van der Waals surface area contributed by atoms with Crippen LogP contribution >= 0.6 is 15.9 Å². The first-order chi connectivity index (χ1) is 9.06. The fraction of sp³-hybridized carbons (Fsp3) is 0.571. The summed E-state index contributed by atoms with van der Waals surface area (Å²) in [6.45, 7) is 2.26. The molecule has 0 aliphatic heterocycles. The van der Waals surface area contributed by atoms with E-state index in [2.05, 4.69) is 33.2 Å². The van der Waals surface area contributed by atoms with Gasteiger partial charge in [0.15, 0.2) is 0 Å². The first-order valence-electron chi connectivity index (χ1n) is 6.74. The van der Waals surface area contributed by atoms with Crippen molar-refractivity contribution in [3.63, 3.8) is 0 Å². The van der Waals surface area contributed by atoms with Crippen LogP contribution < -0.4 is 11.1 Å². The molecule has 1 fully saturated rings. The average Bonchev–Trinajstić information content (AvgIpc) is 2.41. The molecule has 1 aromatic heterocycles. The second-order valence-electron chi connectivity index (χ2n) is 5.40. The molecule has 104 valence electrons. The standard InChI is InChI=1S/C14H20BrN3O/c1-9-2-4-10(5-3-9)13(16)14(19)18-11-6-7-12(15)17-8-11/h6-10,13H,2-5,16H2,1H3,(H,18,19)/t9-,10-,13-/m0/s1. The molecule has 1 aromatic rings. The minimum atomic E-state index is -0.420. The van der Waals surface area contributed by atoms with Crippen LogP contribution in [0, 0.1) is 11.8 Å². The minimum absolute atomic E-state index is 0.108. The highest BCUT2D eigenvalue weighted by atomic mass is 79.9. The molecule has 2 rings (SSSR count). The predicted octanol–water partition coefficient (Wildman–Crippen LogP) is 2.94. The molecular formula is C14H20BrN3O. The van der Waals surface area contributed by atoms with E-state index in [4.69, 9.17) is 5.73 Å². The van der Waals surface area contributed by atoms with Crippen LogP contribution in [0.1, 0.15) is 32.6 Å². The zero-order chi connectivity index (χ0) is 13.8. The number of nitrogens with two attached hydrogens (primary N) is 1. The van der Waals surface area contributed by atoms with Gasteiger partial charge in [0.25, 0.3) is 0 Å². The second-order valence-corrected chi connectivity index (χ2v) is 6.22. The van der Waals surface area contributed by atoms with E-state index in [1.54, 1.807) is 12.3 Å². The molecule has 1 aliphatic carbocycles. The van der Waals surface area contributed by atoms with Gasteiger partial charge in [-0.2, -0.15) is 0 Å². The largest absolute Gasteiger partial charge is 0.323 e. The van der Waals surface area contributed by atoms with Gasteiger partial charge in [-0.15, -0.1) is 0 Å². The fourth-order valence-electron chi connectivity index (χ4n) is 2.53. The number of anilines is 1. The number of carbonyl (C=O) groups is 1. The Bertz CT molecular complexity index is 427. The van der Waals surface area contributed by atoms with Crippen LogP contribution in [0.15, 0.2) is 22.9 Å². The van der Waals surface area contributed by atoms with Crippen molar-refractivity contribution in [1.82, 2.24) is 4.98 Å². The van der Waals surface area contributed by atoms with Crippen molar-refractivity contribution in [2.45, 2.75) is 38.6 Å². The van der Waals surface area contributed by atoms with Gasteiger partial charge < -0.3 is 11.1 Å². The van der Waals surface area contributed by atoms with Crippen molar-refractivity contribution in [2.24, 2.45) is 17.6 Å². The summed E-state index contributed by atoms with van der Waals surface area (Å²) < 4.78 is 0.746. The first-order valence-corrected chi connectivity index (χ1v) is 7.53. The number of hydrogen-bond donors (Lipinski definition) is 2. The lowest BCUT2D eigenvalue weighted by Crippen LogP contribution is -2.43. The number of amides is 1. The zero-order valence-electron chi connectivity index (χ0n) is 11.1. The van der Waals surface area contributed by atoms with Crippen LogP contribution in [-0.4, -0.2) is 16.9 Å². The average molecular weight is 326 g/mol. The molecule has 3 N–H and O–H groups in total. The number of carbonyl (C=O) groups excluding carboxylic acids is 1. The third-order valence-electron chi connectivity index (χ3n) is 3.87. The summed E-state index contributed by atoms with van der Waals surface area (Å²) in [4.78, 5) is 16.2. The molecule has 0 spiro atoms. The third kappa shape index (κ3) is 4.01. The monoisotopic (exact) mass is 325 g/mol. The highest BCUT2D eigenvalue weighted by molar-refractivity contribution is 9.10. The van der Waals surface area contributed by atoms with Gasteiger partial charge >= 0.3 is 0 Å². The van der Waals surface area contributed by atoms with E-state index in [9.17, 15) is 4.79 Å². The number of hydrogen-bond acceptors (Lipinski definition) is 3. The number of rotatable bonds is 3. The number of aromatic nitrogens is 1. The highest BCUT2D eigenvalue weighted by Crippen LogP contribution is 2.30. The van der Waals surface area contributed by atoms with Crippen LogP contribution in [0.25, 0.3) is 0 Å². The number of nitrogens with one attached hydrogen (secondary N) is 1. The number of halogens is 1. The zero-order valence-corrected chi connectivity index (χ0v) is 12.7. The van der Waals surface area contributed by atoms with Crippen LogP contribution in [0.3, 0.4) is 0 Å². The Kier molecular flexibility index (Phi) is 4.93. The van der Waals surface area contributed by atoms with Crippen molar-refractivity contribution in [1.29, 1.82) is 0 Å². The van der Waals surface area contributed by atoms with Gasteiger partial charge in [-0.05, 0) is 52.7 Å². The lowest BCUT2D eigenvalue weighted by atomic mass is 9.79. The van der Waals surface area contributed by atoms with E-state index in [1.807, 2.05) is 6.07 Å². The molecule has 4 nitrogen and oxygen atoms in total. The Morgan fingerprint density at radius 3 is 2.68 bits per heavy atom. The summed E-state index contributed by atoms with van der Waals surface area (Å²) in [5.74, 6) is 0.963.